The van der Waals surface area contributed by atoms with Gasteiger partial charge in [-0.2, -0.15) is 0 Å². The number of aryl methyl sites for hydroxylation is 2. The number of carboxylic acids is 1. The number of hydrogen-bond acceptors (Lipinski definition) is 3. The molecule has 116 valence electrons. The standard InChI is InChI=1S/C19H17NO3/c1-12-18(19(21)22)15-11-14(8-9-17(15)23-12)20-10-4-6-13-5-2-3-7-16(13)20/h2-3,5,7-9,11H,4,6,10H2,1H3,(H,21,22). The summed E-state index contributed by atoms with van der Waals surface area (Å²) < 4.78 is 5.57. The zero-order valence-corrected chi connectivity index (χ0v) is 12.9. The molecule has 0 fully saturated rings. The second-order valence-corrected chi connectivity index (χ2v) is 5.90. The molecule has 1 aromatic heterocycles. The van der Waals surface area contributed by atoms with Crippen molar-refractivity contribution in [2.24, 2.45) is 0 Å². The van der Waals surface area contributed by atoms with Crippen molar-refractivity contribution in [3.63, 3.8) is 0 Å². The molecule has 0 atom stereocenters. The first-order valence-corrected chi connectivity index (χ1v) is 7.77. The van der Waals surface area contributed by atoms with Gasteiger partial charge in [0.2, 0.25) is 0 Å². The van der Waals surface area contributed by atoms with Crippen molar-refractivity contribution in [3.05, 3.63) is 59.4 Å². The van der Waals surface area contributed by atoms with Gasteiger partial charge in [-0.3, -0.25) is 0 Å². The van der Waals surface area contributed by atoms with E-state index >= 15 is 0 Å². The SMILES string of the molecule is Cc1oc2ccc(N3CCCc4ccccc43)cc2c1C(=O)O. The van der Waals surface area contributed by atoms with Crippen molar-refractivity contribution < 1.29 is 14.3 Å². The van der Waals surface area contributed by atoms with Gasteiger partial charge in [0.25, 0.3) is 0 Å². The highest BCUT2D eigenvalue weighted by Crippen LogP contribution is 2.36. The lowest BCUT2D eigenvalue weighted by Crippen LogP contribution is -2.24. The quantitative estimate of drug-likeness (QED) is 0.756. The van der Waals surface area contributed by atoms with Crippen LogP contribution in [0.15, 0.2) is 46.9 Å². The molecule has 2 aromatic carbocycles. The largest absolute Gasteiger partial charge is 0.478 e. The molecule has 1 aliphatic heterocycles. The number of aromatic carboxylic acids is 1. The topological polar surface area (TPSA) is 53.7 Å². The van der Waals surface area contributed by atoms with Crippen LogP contribution in [-0.4, -0.2) is 17.6 Å². The van der Waals surface area contributed by atoms with Crippen LogP contribution in [0.1, 0.15) is 28.1 Å². The molecule has 1 N–H and O–H groups in total. The van der Waals surface area contributed by atoms with Gasteiger partial charge in [0, 0.05) is 23.3 Å². The lowest BCUT2D eigenvalue weighted by molar-refractivity contribution is 0.0697. The predicted molar refractivity (Wildman–Crippen MR) is 89.7 cm³/mol. The van der Waals surface area contributed by atoms with Crippen LogP contribution in [0.4, 0.5) is 11.4 Å². The third-order valence-corrected chi connectivity index (χ3v) is 4.48. The summed E-state index contributed by atoms with van der Waals surface area (Å²) in [5.74, 6) is -0.499. The van der Waals surface area contributed by atoms with Gasteiger partial charge in [-0.15, -0.1) is 0 Å². The third-order valence-electron chi connectivity index (χ3n) is 4.48. The molecule has 23 heavy (non-hydrogen) atoms. The van der Waals surface area contributed by atoms with E-state index in [1.807, 2.05) is 24.3 Å². The van der Waals surface area contributed by atoms with E-state index in [4.69, 9.17) is 4.42 Å². The molecular formula is C19H17NO3. The maximum Gasteiger partial charge on any atom is 0.339 e. The Bertz CT molecular complexity index is 910. The summed E-state index contributed by atoms with van der Waals surface area (Å²) >= 11 is 0. The summed E-state index contributed by atoms with van der Waals surface area (Å²) in [5.41, 5.74) is 4.42. The Morgan fingerprint density at radius 2 is 2.04 bits per heavy atom. The van der Waals surface area contributed by atoms with Crippen molar-refractivity contribution in [2.45, 2.75) is 19.8 Å². The molecule has 0 bridgehead atoms. The van der Waals surface area contributed by atoms with Crippen LogP contribution in [0.3, 0.4) is 0 Å². The van der Waals surface area contributed by atoms with Crippen LogP contribution >= 0.6 is 0 Å². The van der Waals surface area contributed by atoms with Crippen LogP contribution < -0.4 is 4.90 Å². The Kier molecular flexibility index (Phi) is 3.11. The molecule has 0 radical (unpaired) electrons. The summed E-state index contributed by atoms with van der Waals surface area (Å²) in [4.78, 5) is 13.8. The number of anilines is 2. The average molecular weight is 307 g/mol. The van der Waals surface area contributed by atoms with Gasteiger partial charge in [-0.1, -0.05) is 18.2 Å². The maximum absolute atomic E-state index is 11.5. The van der Waals surface area contributed by atoms with Gasteiger partial charge in [-0.05, 0) is 49.6 Å². The highest BCUT2D eigenvalue weighted by molar-refractivity contribution is 6.04. The van der Waals surface area contributed by atoms with Gasteiger partial charge in [-0.25, -0.2) is 4.79 Å². The Balaban J connectivity index is 1.87. The molecule has 4 rings (SSSR count). The first-order chi connectivity index (χ1) is 11.1. The van der Waals surface area contributed by atoms with Crippen molar-refractivity contribution in [3.8, 4) is 0 Å². The normalized spacial score (nSPS) is 14.0. The average Bonchev–Trinajstić information content (AvgIpc) is 2.89. The monoisotopic (exact) mass is 307 g/mol. The summed E-state index contributed by atoms with van der Waals surface area (Å²) in [6.45, 7) is 2.63. The number of nitrogens with zero attached hydrogens (tertiary/aromatic N) is 1. The number of fused-ring (bicyclic) bond motifs is 2. The Hall–Kier alpha value is -2.75. The summed E-state index contributed by atoms with van der Waals surface area (Å²) in [5, 5.41) is 10.1. The summed E-state index contributed by atoms with van der Waals surface area (Å²) in [7, 11) is 0. The molecule has 0 unspecified atom stereocenters. The van der Waals surface area contributed by atoms with Gasteiger partial charge < -0.3 is 14.4 Å². The summed E-state index contributed by atoms with van der Waals surface area (Å²) in [6, 6.07) is 14.2. The van der Waals surface area contributed by atoms with E-state index in [1.165, 1.54) is 11.3 Å². The minimum atomic E-state index is -0.947. The fourth-order valence-electron chi connectivity index (χ4n) is 3.44. The molecule has 1 aliphatic rings. The second-order valence-electron chi connectivity index (χ2n) is 5.90. The van der Waals surface area contributed by atoms with Crippen LogP contribution in [-0.2, 0) is 6.42 Å². The zero-order chi connectivity index (χ0) is 16.0. The fraction of sp³-hybridized carbons (Fsp3) is 0.211. The Morgan fingerprint density at radius 3 is 2.87 bits per heavy atom. The van der Waals surface area contributed by atoms with E-state index in [9.17, 15) is 9.90 Å². The first-order valence-electron chi connectivity index (χ1n) is 7.77. The zero-order valence-electron chi connectivity index (χ0n) is 12.9. The molecule has 4 heteroatoms. The van der Waals surface area contributed by atoms with Gasteiger partial charge in [0.1, 0.15) is 16.9 Å². The highest BCUT2D eigenvalue weighted by atomic mass is 16.4. The lowest BCUT2D eigenvalue weighted by Gasteiger charge is -2.31. The number of hydrogen-bond donors (Lipinski definition) is 1. The van der Waals surface area contributed by atoms with Crippen molar-refractivity contribution in [2.75, 3.05) is 11.4 Å². The molecule has 0 saturated heterocycles. The number of para-hydroxylation sites is 1. The minimum absolute atomic E-state index is 0.257. The molecular weight excluding hydrogens is 290 g/mol. The van der Waals surface area contributed by atoms with E-state index in [0.717, 1.165) is 25.1 Å². The van der Waals surface area contributed by atoms with Crippen molar-refractivity contribution in [1.82, 2.24) is 0 Å². The third kappa shape index (κ3) is 2.18. The molecule has 2 heterocycles. The predicted octanol–water partition coefficient (Wildman–Crippen LogP) is 4.52. The smallest absolute Gasteiger partial charge is 0.339 e. The highest BCUT2D eigenvalue weighted by Gasteiger charge is 2.21. The van der Waals surface area contributed by atoms with E-state index in [-0.39, 0.29) is 5.56 Å². The van der Waals surface area contributed by atoms with Crippen LogP contribution in [0, 0.1) is 6.92 Å². The fourth-order valence-corrected chi connectivity index (χ4v) is 3.44. The van der Waals surface area contributed by atoms with E-state index in [1.54, 1.807) is 6.92 Å². The molecule has 0 saturated carbocycles. The number of carbonyl (C=O) groups is 1. The minimum Gasteiger partial charge on any atom is -0.478 e. The Labute approximate surface area is 133 Å². The van der Waals surface area contributed by atoms with Crippen molar-refractivity contribution >= 4 is 28.3 Å². The molecule has 0 aliphatic carbocycles. The number of rotatable bonds is 2. The van der Waals surface area contributed by atoms with Crippen LogP contribution in [0.25, 0.3) is 11.0 Å². The van der Waals surface area contributed by atoms with Crippen LogP contribution in [0.2, 0.25) is 0 Å². The van der Waals surface area contributed by atoms with E-state index < -0.39 is 5.97 Å². The molecule has 0 amide bonds. The maximum atomic E-state index is 11.5. The first kappa shape index (κ1) is 13.9. The van der Waals surface area contributed by atoms with E-state index in [0.29, 0.717) is 16.7 Å². The Morgan fingerprint density at radius 1 is 1.22 bits per heavy atom. The van der Waals surface area contributed by atoms with Gasteiger partial charge >= 0.3 is 5.97 Å². The molecule has 4 nitrogen and oxygen atoms in total. The molecule has 3 aromatic rings. The number of carboxylic acid groups (broad SMARTS) is 1. The van der Waals surface area contributed by atoms with Gasteiger partial charge in [0.05, 0.1) is 0 Å². The van der Waals surface area contributed by atoms with E-state index in [2.05, 4.69) is 23.1 Å². The second kappa shape index (κ2) is 5.16. The summed E-state index contributed by atoms with van der Waals surface area (Å²) in [6.07, 6.45) is 2.17. The van der Waals surface area contributed by atoms with Crippen LogP contribution in [0.5, 0.6) is 0 Å². The molecule has 0 spiro atoms. The van der Waals surface area contributed by atoms with Crippen molar-refractivity contribution in [1.29, 1.82) is 0 Å². The number of benzene rings is 2. The van der Waals surface area contributed by atoms with Gasteiger partial charge in [0.15, 0.2) is 0 Å². The lowest BCUT2D eigenvalue weighted by atomic mass is 10.0. The number of furan rings is 1.